The number of nitrogens with two attached hydrogens (primary N) is 1. The molecule has 1 aromatic carbocycles. The molecule has 0 aromatic heterocycles. The van der Waals surface area contributed by atoms with Crippen molar-refractivity contribution < 1.29 is 9.50 Å². The van der Waals surface area contributed by atoms with Gasteiger partial charge in [0.25, 0.3) is 0 Å². The Morgan fingerprint density at radius 1 is 1.46 bits per heavy atom. The molecule has 0 spiro atoms. The molecule has 0 amide bonds. The molecule has 1 fully saturated rings. The zero-order valence-corrected chi connectivity index (χ0v) is 7.47. The largest absolute Gasteiger partial charge is 0.505 e. The van der Waals surface area contributed by atoms with E-state index < -0.39 is 11.4 Å². The molecule has 0 aliphatic heterocycles. The summed E-state index contributed by atoms with van der Waals surface area (Å²) in [6, 6.07) is 3.12. The molecule has 0 saturated heterocycles. The highest BCUT2D eigenvalue weighted by molar-refractivity contribution is 5.41. The smallest absolute Gasteiger partial charge is 0.169 e. The number of aromatic hydroxyl groups is 1. The average molecular weight is 181 g/mol. The average Bonchev–Trinajstić information content (AvgIpc) is 2.77. The van der Waals surface area contributed by atoms with Crippen LogP contribution in [0.5, 0.6) is 5.75 Å². The number of hydrogen-bond donors (Lipinski definition) is 2. The zero-order chi connectivity index (χ0) is 9.64. The molecule has 2 nitrogen and oxygen atoms in total. The molecule has 0 heterocycles. The Labute approximate surface area is 76.2 Å². The summed E-state index contributed by atoms with van der Waals surface area (Å²) in [4.78, 5) is 0. The second-order valence-corrected chi connectivity index (χ2v) is 3.80. The van der Waals surface area contributed by atoms with Crippen molar-refractivity contribution >= 4 is 0 Å². The monoisotopic (exact) mass is 181 g/mol. The van der Waals surface area contributed by atoms with Gasteiger partial charge in [0.05, 0.1) is 0 Å². The van der Waals surface area contributed by atoms with E-state index in [9.17, 15) is 9.50 Å². The Morgan fingerprint density at radius 2 is 2.08 bits per heavy atom. The number of phenols is 1. The quantitative estimate of drug-likeness (QED) is 0.693. The van der Waals surface area contributed by atoms with Gasteiger partial charge in [-0.25, -0.2) is 4.39 Å². The van der Waals surface area contributed by atoms with Gasteiger partial charge in [-0.2, -0.15) is 0 Å². The van der Waals surface area contributed by atoms with Gasteiger partial charge >= 0.3 is 0 Å². The molecule has 1 saturated carbocycles. The lowest BCUT2D eigenvalue weighted by molar-refractivity contribution is 0.423. The molecule has 2 rings (SSSR count). The van der Waals surface area contributed by atoms with Crippen molar-refractivity contribution in [3.63, 3.8) is 0 Å². The first-order chi connectivity index (χ1) is 6.03. The molecular formula is C10H12FNO. The summed E-state index contributed by atoms with van der Waals surface area (Å²) >= 11 is 0. The molecule has 0 bridgehead atoms. The lowest BCUT2D eigenvalue weighted by Gasteiger charge is -2.12. The third-order valence-corrected chi connectivity index (χ3v) is 2.52. The SMILES string of the molecule is Cc1cc(O)c(F)c(C2(N)CC2)c1. The lowest BCUT2D eigenvalue weighted by Crippen LogP contribution is -2.20. The van der Waals surface area contributed by atoms with Crippen molar-refractivity contribution in [2.45, 2.75) is 25.3 Å². The Bertz CT molecular complexity index is 358. The Morgan fingerprint density at radius 3 is 2.62 bits per heavy atom. The Balaban J connectivity index is 2.56. The summed E-state index contributed by atoms with van der Waals surface area (Å²) in [5, 5.41) is 9.24. The molecule has 3 heteroatoms. The van der Waals surface area contributed by atoms with Gasteiger partial charge in [-0.3, -0.25) is 0 Å². The van der Waals surface area contributed by atoms with Gasteiger partial charge in [0.15, 0.2) is 11.6 Å². The maximum absolute atomic E-state index is 13.4. The van der Waals surface area contributed by atoms with E-state index >= 15 is 0 Å². The highest BCUT2D eigenvalue weighted by Crippen LogP contribution is 2.45. The topological polar surface area (TPSA) is 46.2 Å². The maximum Gasteiger partial charge on any atom is 0.169 e. The van der Waals surface area contributed by atoms with E-state index in [2.05, 4.69) is 0 Å². The van der Waals surface area contributed by atoms with Crippen LogP contribution in [0.2, 0.25) is 0 Å². The lowest BCUT2D eigenvalue weighted by atomic mass is 10.0. The van der Waals surface area contributed by atoms with E-state index in [4.69, 9.17) is 5.73 Å². The van der Waals surface area contributed by atoms with E-state index in [0.717, 1.165) is 18.4 Å². The second kappa shape index (κ2) is 2.45. The van der Waals surface area contributed by atoms with Crippen LogP contribution in [0.15, 0.2) is 12.1 Å². The fourth-order valence-corrected chi connectivity index (χ4v) is 1.52. The van der Waals surface area contributed by atoms with Crippen LogP contribution < -0.4 is 5.73 Å². The third-order valence-electron chi connectivity index (χ3n) is 2.52. The summed E-state index contributed by atoms with van der Waals surface area (Å²) in [5.74, 6) is -0.864. The van der Waals surface area contributed by atoms with E-state index in [0.29, 0.717) is 5.56 Å². The van der Waals surface area contributed by atoms with Gasteiger partial charge in [0.1, 0.15) is 0 Å². The van der Waals surface area contributed by atoms with Crippen LogP contribution in [0.4, 0.5) is 4.39 Å². The standard InChI is InChI=1S/C10H12FNO/c1-6-4-7(10(12)2-3-10)9(11)8(13)5-6/h4-5,13H,2-3,12H2,1H3. The Hall–Kier alpha value is -1.09. The normalized spacial score (nSPS) is 18.7. The number of aryl methyl sites for hydroxylation is 1. The Kier molecular flexibility index (Phi) is 1.60. The molecule has 0 unspecified atom stereocenters. The number of hydrogen-bond acceptors (Lipinski definition) is 2. The van der Waals surface area contributed by atoms with Crippen molar-refractivity contribution in [2.24, 2.45) is 5.73 Å². The third kappa shape index (κ3) is 1.29. The summed E-state index contributed by atoms with van der Waals surface area (Å²) in [5.41, 5.74) is 6.62. The van der Waals surface area contributed by atoms with Gasteiger partial charge in [-0.1, -0.05) is 6.07 Å². The number of phenolic OH excluding ortho intramolecular Hbond substituents is 1. The predicted molar refractivity (Wildman–Crippen MR) is 47.9 cm³/mol. The molecule has 1 aliphatic rings. The van der Waals surface area contributed by atoms with Crippen LogP contribution in [0.25, 0.3) is 0 Å². The minimum atomic E-state index is -0.564. The summed E-state index contributed by atoms with van der Waals surface area (Å²) < 4.78 is 13.4. The molecule has 0 radical (unpaired) electrons. The minimum absolute atomic E-state index is 0.299. The summed E-state index contributed by atoms with van der Waals surface area (Å²) in [6.45, 7) is 1.81. The molecule has 0 atom stereocenters. The van der Waals surface area contributed by atoms with E-state index in [1.165, 1.54) is 6.07 Å². The van der Waals surface area contributed by atoms with Crippen molar-refractivity contribution in [3.05, 3.63) is 29.1 Å². The molecule has 1 aliphatic carbocycles. The molecule has 3 N–H and O–H groups in total. The highest BCUT2D eigenvalue weighted by Gasteiger charge is 2.42. The van der Waals surface area contributed by atoms with Crippen molar-refractivity contribution in [1.29, 1.82) is 0 Å². The fourth-order valence-electron chi connectivity index (χ4n) is 1.52. The number of benzene rings is 1. The van der Waals surface area contributed by atoms with Crippen LogP contribution in [-0.4, -0.2) is 5.11 Å². The summed E-state index contributed by atoms with van der Waals surface area (Å²) in [7, 11) is 0. The van der Waals surface area contributed by atoms with Crippen molar-refractivity contribution in [2.75, 3.05) is 0 Å². The highest BCUT2D eigenvalue weighted by atomic mass is 19.1. The van der Waals surface area contributed by atoms with Gasteiger partial charge < -0.3 is 10.8 Å². The number of rotatable bonds is 1. The molecule has 13 heavy (non-hydrogen) atoms. The van der Waals surface area contributed by atoms with E-state index in [-0.39, 0.29) is 5.75 Å². The van der Waals surface area contributed by atoms with E-state index in [1.54, 1.807) is 6.07 Å². The van der Waals surface area contributed by atoms with Gasteiger partial charge in [-0.05, 0) is 31.4 Å². The zero-order valence-electron chi connectivity index (χ0n) is 7.47. The molecule has 1 aromatic rings. The van der Waals surface area contributed by atoms with Crippen molar-refractivity contribution in [3.8, 4) is 5.75 Å². The van der Waals surface area contributed by atoms with Gasteiger partial charge in [0, 0.05) is 11.1 Å². The van der Waals surface area contributed by atoms with Crippen LogP contribution >= 0.6 is 0 Å². The van der Waals surface area contributed by atoms with Crippen LogP contribution in [0.3, 0.4) is 0 Å². The fraction of sp³-hybridized carbons (Fsp3) is 0.400. The second-order valence-electron chi connectivity index (χ2n) is 3.80. The van der Waals surface area contributed by atoms with E-state index in [1.807, 2.05) is 6.92 Å². The van der Waals surface area contributed by atoms with Gasteiger partial charge in [-0.15, -0.1) is 0 Å². The minimum Gasteiger partial charge on any atom is -0.505 e. The van der Waals surface area contributed by atoms with Crippen molar-refractivity contribution in [1.82, 2.24) is 0 Å². The first-order valence-corrected chi connectivity index (χ1v) is 4.31. The number of halogens is 1. The maximum atomic E-state index is 13.4. The first-order valence-electron chi connectivity index (χ1n) is 4.31. The van der Waals surface area contributed by atoms with Crippen LogP contribution in [0.1, 0.15) is 24.0 Å². The molecular weight excluding hydrogens is 169 g/mol. The molecule has 70 valence electrons. The first kappa shape index (κ1) is 8.51. The van der Waals surface area contributed by atoms with Crippen LogP contribution in [0, 0.1) is 12.7 Å². The predicted octanol–water partition coefficient (Wildman–Crippen LogP) is 1.79. The van der Waals surface area contributed by atoms with Gasteiger partial charge in [0.2, 0.25) is 0 Å². The van der Waals surface area contributed by atoms with Crippen LogP contribution in [-0.2, 0) is 5.54 Å². The summed E-state index contributed by atoms with van der Waals surface area (Å²) in [6.07, 6.45) is 1.60.